The van der Waals surface area contributed by atoms with Gasteiger partial charge in [-0.3, -0.25) is 4.90 Å². The summed E-state index contributed by atoms with van der Waals surface area (Å²) in [5.74, 6) is 2.62. The lowest BCUT2D eigenvalue weighted by molar-refractivity contribution is -0.0201. The maximum absolute atomic E-state index is 4.52. The number of hydrogen-bond acceptors (Lipinski definition) is 4. The molecule has 3 saturated heterocycles. The molecule has 0 spiro atoms. The highest BCUT2D eigenvalue weighted by Gasteiger charge is 2.45. The highest BCUT2D eigenvalue weighted by Crippen LogP contribution is 2.45. The van der Waals surface area contributed by atoms with Crippen molar-refractivity contribution in [3.8, 4) is 0 Å². The maximum atomic E-state index is 4.52. The zero-order valence-electron chi connectivity index (χ0n) is 16.5. The van der Waals surface area contributed by atoms with Crippen LogP contribution < -0.4 is 4.90 Å². The minimum Gasteiger partial charge on any atom is -0.354 e. The van der Waals surface area contributed by atoms with Crippen LogP contribution in [0.2, 0.25) is 0 Å². The van der Waals surface area contributed by atoms with Crippen molar-refractivity contribution in [1.29, 1.82) is 0 Å². The van der Waals surface area contributed by atoms with Crippen LogP contribution in [-0.4, -0.2) is 40.8 Å². The van der Waals surface area contributed by atoms with Crippen molar-refractivity contribution in [2.75, 3.05) is 24.5 Å². The van der Waals surface area contributed by atoms with Gasteiger partial charge in [-0.15, -0.1) is 5.10 Å². The Balaban J connectivity index is 1.40. The number of hydrogen-bond donors (Lipinski definition) is 0. The highest BCUT2D eigenvalue weighted by atomic mass is 15.3. The second-order valence-electron chi connectivity index (χ2n) is 8.86. The summed E-state index contributed by atoms with van der Waals surface area (Å²) < 4.78 is 0. The molecule has 0 aliphatic carbocycles. The number of aromatic nitrogens is 2. The van der Waals surface area contributed by atoms with Crippen LogP contribution in [0.4, 0.5) is 5.82 Å². The predicted molar refractivity (Wildman–Crippen MR) is 109 cm³/mol. The summed E-state index contributed by atoms with van der Waals surface area (Å²) in [6, 6.07) is 12.5. The van der Waals surface area contributed by atoms with E-state index in [0.29, 0.717) is 6.04 Å². The maximum Gasteiger partial charge on any atom is 0.154 e. The molecule has 0 saturated carbocycles. The van der Waals surface area contributed by atoms with Gasteiger partial charge in [0.2, 0.25) is 0 Å². The Kier molecular flexibility index (Phi) is 4.39. The van der Waals surface area contributed by atoms with Crippen molar-refractivity contribution in [2.45, 2.75) is 51.6 Å². The highest BCUT2D eigenvalue weighted by molar-refractivity contribution is 5.49. The number of nitrogens with zero attached hydrogens (tertiary/aromatic N) is 4. The molecule has 0 unspecified atom stereocenters. The second-order valence-corrected chi connectivity index (χ2v) is 8.86. The lowest BCUT2D eigenvalue weighted by Gasteiger charge is -2.55. The largest absolute Gasteiger partial charge is 0.354 e. The first kappa shape index (κ1) is 17.2. The molecule has 3 fully saturated rings. The average Bonchev–Trinajstić information content (AvgIpc) is 2.70. The van der Waals surface area contributed by atoms with E-state index in [1.165, 1.54) is 48.9 Å². The minimum atomic E-state index is 0.613. The number of anilines is 1. The summed E-state index contributed by atoms with van der Waals surface area (Å²) >= 11 is 0. The Morgan fingerprint density at radius 3 is 2.70 bits per heavy atom. The first-order chi connectivity index (χ1) is 13.2. The third-order valence-corrected chi connectivity index (χ3v) is 7.20. The van der Waals surface area contributed by atoms with Crippen LogP contribution in [0.1, 0.15) is 48.4 Å². The molecule has 2 bridgehead atoms. The molecule has 0 radical (unpaired) electrons. The Morgan fingerprint density at radius 1 is 1.00 bits per heavy atom. The molecule has 1 aromatic heterocycles. The molecular weight excluding hydrogens is 332 g/mol. The van der Waals surface area contributed by atoms with Gasteiger partial charge in [-0.2, -0.15) is 5.10 Å². The number of fused-ring (bicyclic) bond motifs is 4. The number of piperidine rings is 3. The van der Waals surface area contributed by atoms with E-state index in [2.05, 4.69) is 64.2 Å². The standard InChI is InChI=1S/C23H30N4/c1-16-12-24-25-23(17(16)2)26-13-18-11-20(15-26)22-10-6-9-21(27(22)14-18)19-7-4-3-5-8-19/h3-5,7-8,12,18,20-22H,6,9-11,13-15H2,1-2H3/t18-,20+,21+,22-/m0/s1. The molecule has 4 nitrogen and oxygen atoms in total. The molecule has 3 aliphatic rings. The van der Waals surface area contributed by atoms with Crippen LogP contribution in [0.25, 0.3) is 0 Å². The van der Waals surface area contributed by atoms with Crippen LogP contribution in [0.3, 0.4) is 0 Å². The van der Waals surface area contributed by atoms with Gasteiger partial charge in [0, 0.05) is 31.7 Å². The molecule has 4 atom stereocenters. The zero-order chi connectivity index (χ0) is 18.4. The zero-order valence-corrected chi connectivity index (χ0v) is 16.5. The molecule has 4 heteroatoms. The normalized spacial score (nSPS) is 30.8. The smallest absolute Gasteiger partial charge is 0.154 e. The van der Waals surface area contributed by atoms with E-state index >= 15 is 0 Å². The fourth-order valence-electron chi connectivity index (χ4n) is 5.83. The summed E-state index contributed by atoms with van der Waals surface area (Å²) in [5.41, 5.74) is 4.06. The Morgan fingerprint density at radius 2 is 1.85 bits per heavy atom. The first-order valence-corrected chi connectivity index (χ1v) is 10.5. The van der Waals surface area contributed by atoms with Gasteiger partial charge >= 0.3 is 0 Å². The number of rotatable bonds is 2. The number of benzene rings is 1. The molecule has 0 N–H and O–H groups in total. The third-order valence-electron chi connectivity index (χ3n) is 7.20. The van der Waals surface area contributed by atoms with Gasteiger partial charge in [-0.1, -0.05) is 30.3 Å². The summed E-state index contributed by atoms with van der Waals surface area (Å²) in [6.45, 7) is 7.83. The van der Waals surface area contributed by atoms with Gasteiger partial charge < -0.3 is 4.90 Å². The van der Waals surface area contributed by atoms with Gasteiger partial charge in [-0.05, 0) is 68.1 Å². The third kappa shape index (κ3) is 3.04. The van der Waals surface area contributed by atoms with Gasteiger partial charge in [0.25, 0.3) is 0 Å². The van der Waals surface area contributed by atoms with Crippen LogP contribution in [0.15, 0.2) is 36.5 Å². The van der Waals surface area contributed by atoms with E-state index in [9.17, 15) is 0 Å². The monoisotopic (exact) mass is 362 g/mol. The minimum absolute atomic E-state index is 0.613. The van der Waals surface area contributed by atoms with E-state index in [4.69, 9.17) is 0 Å². The van der Waals surface area contributed by atoms with E-state index in [1.807, 2.05) is 6.20 Å². The fourth-order valence-corrected chi connectivity index (χ4v) is 5.83. The summed E-state index contributed by atoms with van der Waals surface area (Å²) in [7, 11) is 0. The fraction of sp³-hybridized carbons (Fsp3) is 0.565. The van der Waals surface area contributed by atoms with Gasteiger partial charge in [0.1, 0.15) is 0 Å². The number of aryl methyl sites for hydroxylation is 1. The van der Waals surface area contributed by atoms with Gasteiger partial charge in [-0.25, -0.2) is 0 Å². The summed E-state index contributed by atoms with van der Waals surface area (Å²) in [6.07, 6.45) is 7.29. The van der Waals surface area contributed by atoms with Crippen LogP contribution >= 0.6 is 0 Å². The molecule has 3 aliphatic heterocycles. The van der Waals surface area contributed by atoms with E-state index in [1.54, 1.807) is 0 Å². The Hall–Kier alpha value is -1.94. The van der Waals surface area contributed by atoms with Crippen molar-refractivity contribution >= 4 is 5.82 Å². The lowest BCUT2D eigenvalue weighted by Crippen LogP contribution is -2.60. The van der Waals surface area contributed by atoms with E-state index < -0.39 is 0 Å². The van der Waals surface area contributed by atoms with Crippen LogP contribution in [-0.2, 0) is 0 Å². The second kappa shape index (κ2) is 6.90. The van der Waals surface area contributed by atoms with E-state index in [-0.39, 0.29) is 0 Å². The topological polar surface area (TPSA) is 32.3 Å². The average molecular weight is 363 g/mol. The van der Waals surface area contributed by atoms with Crippen molar-refractivity contribution in [3.05, 3.63) is 53.2 Å². The Labute approximate surface area is 162 Å². The van der Waals surface area contributed by atoms with Crippen molar-refractivity contribution in [1.82, 2.24) is 15.1 Å². The van der Waals surface area contributed by atoms with Gasteiger partial charge in [0.05, 0.1) is 6.20 Å². The molecule has 1 aromatic carbocycles. The van der Waals surface area contributed by atoms with Crippen molar-refractivity contribution < 1.29 is 0 Å². The summed E-state index contributed by atoms with van der Waals surface area (Å²) in [5, 5.41) is 8.76. The van der Waals surface area contributed by atoms with E-state index in [0.717, 1.165) is 36.8 Å². The van der Waals surface area contributed by atoms with Crippen molar-refractivity contribution in [3.63, 3.8) is 0 Å². The molecular formula is C23H30N4. The van der Waals surface area contributed by atoms with Gasteiger partial charge in [0.15, 0.2) is 5.82 Å². The molecule has 27 heavy (non-hydrogen) atoms. The Bertz CT molecular complexity index is 805. The quantitative estimate of drug-likeness (QED) is 0.803. The molecule has 142 valence electrons. The van der Waals surface area contributed by atoms with Crippen molar-refractivity contribution in [2.24, 2.45) is 11.8 Å². The first-order valence-electron chi connectivity index (χ1n) is 10.5. The van der Waals surface area contributed by atoms with Crippen LogP contribution in [0.5, 0.6) is 0 Å². The molecule has 5 rings (SSSR count). The molecule has 2 aromatic rings. The van der Waals surface area contributed by atoms with Crippen LogP contribution in [0, 0.1) is 25.7 Å². The SMILES string of the molecule is Cc1cnnc(N2C[C@@H]3C[C@H](C2)[C@@H]2CCC[C@H](c4ccccc4)N2C3)c1C. The predicted octanol–water partition coefficient (Wildman–Crippen LogP) is 4.15. The lowest BCUT2D eigenvalue weighted by atomic mass is 9.74. The summed E-state index contributed by atoms with van der Waals surface area (Å²) in [4.78, 5) is 5.40. The molecule has 4 heterocycles. The molecule has 0 amide bonds.